The zero-order valence-electron chi connectivity index (χ0n) is 38.7. The SMILES string of the molecule is C[C@H](OP(=O)([O-])OC[C@@H](O)[C@@H](O)[C@@H](O)Cn1c2nc(=O)[nH]c(=O)c-2cc2ccc(OP(=O)([O-])OC[C@H]3O[C@@H](n4cnc5c(=O)[nH]c(N)nc54)[C@H](O)[C@@H]3O)cc21)C(=O)N[C@@H](CCC(=O)N[C@@H](CCC(=O)[O-])C(=O)[O-])C(=O)[O-]. The van der Waals surface area contributed by atoms with Crippen LogP contribution in [0, 0.1) is 0 Å². The van der Waals surface area contributed by atoms with Crippen molar-refractivity contribution >= 4 is 73.4 Å². The molecule has 6 rings (SSSR count). The van der Waals surface area contributed by atoms with Crippen LogP contribution in [-0.4, -0.2) is 157 Å². The molecule has 35 nitrogen and oxygen atoms in total. The van der Waals surface area contributed by atoms with Crippen LogP contribution in [0.5, 0.6) is 5.75 Å². The number of benzene rings is 1. The monoisotopic (exact) mass is 1110 g/mol. The number of carboxylic acid groups (broad SMARTS) is 3. The predicted molar refractivity (Wildman–Crippen MR) is 235 cm³/mol. The first kappa shape index (κ1) is 58.2. The fourth-order valence-electron chi connectivity index (χ4n) is 7.40. The Bertz CT molecular complexity index is 3260. The largest absolute Gasteiger partial charge is 0.756 e. The number of anilines is 1. The highest BCUT2D eigenvalue weighted by Crippen LogP contribution is 2.43. The van der Waals surface area contributed by atoms with Gasteiger partial charge in [-0.15, -0.1) is 0 Å². The average Bonchev–Trinajstić information content (AvgIpc) is 3.88. The number of nitrogens with two attached hydrogens (primary N) is 1. The molecular weight excluding hydrogens is 1070 g/mol. The molecule has 76 heavy (non-hydrogen) atoms. The molecule has 0 radical (unpaired) electrons. The summed E-state index contributed by atoms with van der Waals surface area (Å²) in [6.45, 7) is -2.47. The number of H-pyrrole nitrogens is 2. The van der Waals surface area contributed by atoms with Crippen molar-refractivity contribution < 1.29 is 107 Å². The number of phosphoric acid groups is 2. The summed E-state index contributed by atoms with van der Waals surface area (Å²) < 4.78 is 52.6. The first-order chi connectivity index (χ1) is 35.5. The smallest absolute Gasteiger partial charge is 0.349 e. The normalized spacial score (nSPS) is 20.7. The van der Waals surface area contributed by atoms with Crippen molar-refractivity contribution in [1.29, 1.82) is 0 Å². The molecule has 0 spiro atoms. The Hall–Kier alpha value is -7.11. The number of hydrogen-bond donors (Lipinski definition) is 10. The Labute approximate surface area is 422 Å². The van der Waals surface area contributed by atoms with Crippen molar-refractivity contribution in [2.45, 2.75) is 100 Å². The number of hydrogen-bond acceptors (Lipinski definition) is 29. The topological polar surface area (TPSA) is 563 Å². The van der Waals surface area contributed by atoms with Crippen molar-refractivity contribution in [2.75, 3.05) is 18.9 Å². The minimum atomic E-state index is -5.68. The minimum absolute atomic E-state index is 0.0829. The summed E-state index contributed by atoms with van der Waals surface area (Å²) in [4.78, 5) is 137. The summed E-state index contributed by atoms with van der Waals surface area (Å²) >= 11 is 0. The van der Waals surface area contributed by atoms with E-state index in [1.165, 1.54) is 12.1 Å². The van der Waals surface area contributed by atoms with Gasteiger partial charge in [0.2, 0.25) is 17.8 Å². The van der Waals surface area contributed by atoms with Gasteiger partial charge in [0.15, 0.2) is 23.2 Å². The molecule has 2 unspecified atom stereocenters. The van der Waals surface area contributed by atoms with E-state index in [0.29, 0.717) is 0 Å². The van der Waals surface area contributed by atoms with Gasteiger partial charge in [0.1, 0.15) is 48.5 Å². The lowest BCUT2D eigenvalue weighted by Gasteiger charge is -2.30. The van der Waals surface area contributed by atoms with Crippen molar-refractivity contribution in [3.05, 3.63) is 61.8 Å². The van der Waals surface area contributed by atoms with Gasteiger partial charge in [0.05, 0.1) is 61.2 Å². The van der Waals surface area contributed by atoms with Crippen LogP contribution < -0.4 is 62.8 Å². The number of pyridine rings is 1. The molecule has 37 heteroatoms. The number of fused-ring (bicyclic) bond motifs is 3. The lowest BCUT2D eigenvalue weighted by molar-refractivity contribution is -0.311. The predicted octanol–water partition coefficient (Wildman–Crippen LogP) is -9.86. The molecule has 5 heterocycles. The maximum absolute atomic E-state index is 13.1. The number of imidazole rings is 1. The third-order valence-corrected chi connectivity index (χ3v) is 13.1. The van der Waals surface area contributed by atoms with Gasteiger partial charge < -0.3 is 109 Å². The molecule has 3 aliphatic heterocycles. The Morgan fingerprint density at radius 2 is 1.55 bits per heavy atom. The third-order valence-electron chi connectivity index (χ3n) is 11.2. The molecule has 3 aliphatic rings. The summed E-state index contributed by atoms with van der Waals surface area (Å²) in [7, 11) is -11.1. The summed E-state index contributed by atoms with van der Waals surface area (Å²) in [6, 6.07) is 0.669. The number of aliphatic hydroxyl groups is 5. The van der Waals surface area contributed by atoms with E-state index in [9.17, 15) is 98.1 Å². The summed E-state index contributed by atoms with van der Waals surface area (Å²) in [6.07, 6.45) is -17.4. The van der Waals surface area contributed by atoms with E-state index in [2.05, 4.69) is 29.0 Å². The van der Waals surface area contributed by atoms with Crippen LogP contribution in [0.1, 0.15) is 38.8 Å². The summed E-state index contributed by atoms with van der Waals surface area (Å²) in [5, 5.41) is 91.4. The molecule has 2 amide bonds. The molecule has 3 aromatic rings. The second-order valence-electron chi connectivity index (χ2n) is 16.6. The standard InChI is InChI=1S/C39H48N10O25P2/c1-14(32(58)43-19(37(63)64)4-6-24(52)42-18(36(61)62)5-7-25(53)54)73-75(66,67)70-11-22(51)27(55)21(50)10-48-20-9-16(3-2-15(20)8-17-30(48)45-39(65)47-33(17)59)74-76(68,69)71-12-23-28(56)29(57)35(72-23)49-13-41-26-31(49)44-38(40)46-34(26)60/h2-3,8-9,13-14,18-19,21-23,27-29,35,50-51,55-57H,4-7,10-12H2,1H3,(H,42,52)(H,43,58)(H,53,54)(H,61,62)(H,63,64)(H,66,67)(H,68,69)(H,47,59,65)(H3,40,44,46,60)/p-5/t14-,18-,19-,21-,22+,23+,27-,28+,29+,35+/m0/s1. The molecule has 1 fully saturated rings. The van der Waals surface area contributed by atoms with E-state index < -0.39 is 180 Å². The number of carbonyl (C=O) groups excluding carboxylic acids is 5. The zero-order valence-corrected chi connectivity index (χ0v) is 40.5. The molecule has 0 bridgehead atoms. The van der Waals surface area contributed by atoms with Crippen molar-refractivity contribution in [1.82, 2.24) is 44.7 Å². The maximum Gasteiger partial charge on any atom is 0.349 e. The minimum Gasteiger partial charge on any atom is -0.756 e. The first-order valence-corrected chi connectivity index (χ1v) is 24.8. The molecular formula is C39H43N10O25P2-5. The third kappa shape index (κ3) is 14.2. The molecule has 1 aromatic carbocycles. The number of carbonyl (C=O) groups is 5. The summed E-state index contributed by atoms with van der Waals surface area (Å²) in [5.41, 5.74) is 1.90. The van der Waals surface area contributed by atoms with Crippen LogP contribution in [0.2, 0.25) is 0 Å². The summed E-state index contributed by atoms with van der Waals surface area (Å²) in [5.74, 6) is -9.36. The van der Waals surface area contributed by atoms with Gasteiger partial charge in [-0.25, -0.2) is 9.78 Å². The van der Waals surface area contributed by atoms with Gasteiger partial charge in [0, 0.05) is 18.5 Å². The van der Waals surface area contributed by atoms with E-state index >= 15 is 0 Å². The average molecular weight is 1110 g/mol. The number of nitrogen functional groups attached to an aromatic ring is 1. The van der Waals surface area contributed by atoms with Crippen molar-refractivity contribution in [3.63, 3.8) is 0 Å². The van der Waals surface area contributed by atoms with Gasteiger partial charge in [-0.2, -0.15) is 9.97 Å². The first-order valence-electron chi connectivity index (χ1n) is 21.9. The lowest BCUT2D eigenvalue weighted by Crippen LogP contribution is -2.52. The van der Waals surface area contributed by atoms with Crippen LogP contribution in [0.4, 0.5) is 5.95 Å². The van der Waals surface area contributed by atoms with E-state index in [1.807, 2.05) is 15.6 Å². The lowest BCUT2D eigenvalue weighted by atomic mass is 10.1. The molecule has 12 atom stereocenters. The number of aromatic nitrogens is 7. The second-order valence-corrected chi connectivity index (χ2v) is 19.3. The highest BCUT2D eigenvalue weighted by atomic mass is 31.2. The van der Waals surface area contributed by atoms with E-state index in [-0.39, 0.29) is 33.6 Å². The van der Waals surface area contributed by atoms with Gasteiger partial charge in [-0.1, -0.05) is 0 Å². The van der Waals surface area contributed by atoms with E-state index in [4.69, 9.17) is 19.5 Å². The quantitative estimate of drug-likeness (QED) is 0.0182. The molecule has 2 aromatic heterocycles. The fourth-order valence-corrected chi connectivity index (χ4v) is 9.04. The van der Waals surface area contributed by atoms with Crippen molar-refractivity contribution in [2.24, 2.45) is 0 Å². The molecule has 414 valence electrons. The van der Waals surface area contributed by atoms with E-state index in [1.54, 1.807) is 0 Å². The van der Waals surface area contributed by atoms with Crippen LogP contribution in [0.15, 0.2) is 45.0 Å². The second kappa shape index (κ2) is 23.8. The maximum atomic E-state index is 13.1. The number of nitrogens with one attached hydrogen (secondary N) is 4. The molecule has 1 saturated heterocycles. The van der Waals surface area contributed by atoms with Crippen LogP contribution in [0.3, 0.4) is 0 Å². The number of aromatic amines is 2. The fraction of sp³-hybridized carbons (Fsp3) is 0.462. The molecule has 0 aliphatic carbocycles. The number of aliphatic hydroxyl groups excluding tert-OH is 5. The number of nitrogens with zero attached hydrogens (tertiary/aromatic N) is 5. The van der Waals surface area contributed by atoms with Crippen molar-refractivity contribution in [3.8, 4) is 17.1 Å². The van der Waals surface area contributed by atoms with Crippen LogP contribution in [0.25, 0.3) is 33.5 Å². The van der Waals surface area contributed by atoms with Gasteiger partial charge in [0.25, 0.3) is 18.9 Å². The number of rotatable bonds is 26. The number of carboxylic acids is 3. The Morgan fingerprint density at radius 1 is 0.882 bits per heavy atom. The zero-order chi connectivity index (χ0) is 56.1. The van der Waals surface area contributed by atoms with Crippen LogP contribution >= 0.6 is 15.6 Å². The Balaban J connectivity index is 1.08. The Kier molecular flexibility index (Phi) is 18.2. The highest BCUT2D eigenvalue weighted by Gasteiger charge is 2.45. The number of phosphoric ester groups is 2. The molecule has 11 N–H and O–H groups in total. The van der Waals surface area contributed by atoms with Gasteiger partial charge in [-0.3, -0.25) is 42.8 Å². The van der Waals surface area contributed by atoms with Crippen LogP contribution in [-0.2, 0) is 58.0 Å². The highest BCUT2D eigenvalue weighted by molar-refractivity contribution is 7.46. The Morgan fingerprint density at radius 3 is 2.22 bits per heavy atom. The van der Waals surface area contributed by atoms with E-state index in [0.717, 1.165) is 34.5 Å². The number of aliphatic carboxylic acids is 3. The number of amides is 2. The molecule has 0 saturated carbocycles. The van der Waals surface area contributed by atoms with Gasteiger partial charge in [-0.05, 0) is 49.8 Å². The van der Waals surface area contributed by atoms with Gasteiger partial charge >= 0.3 is 13.5 Å². The number of ether oxygens (including phenoxy) is 1.